The highest BCUT2D eigenvalue weighted by atomic mass is 16.2. The van der Waals surface area contributed by atoms with E-state index in [1.54, 1.807) is 12.1 Å². The molecule has 2 aromatic carbocycles. The number of hydrogen-bond acceptors (Lipinski definition) is 6. The van der Waals surface area contributed by atoms with Crippen molar-refractivity contribution >= 4 is 33.9 Å². The molecule has 0 aliphatic rings. The van der Waals surface area contributed by atoms with Gasteiger partial charge < -0.3 is 4.98 Å². The molecular formula is C26H23N7O4. The van der Waals surface area contributed by atoms with Gasteiger partial charge in [-0.3, -0.25) is 34.8 Å². The van der Waals surface area contributed by atoms with Gasteiger partial charge in [-0.15, -0.1) is 0 Å². The van der Waals surface area contributed by atoms with Crippen molar-refractivity contribution < 1.29 is 9.59 Å². The molecule has 0 saturated heterocycles. The van der Waals surface area contributed by atoms with E-state index in [1.807, 2.05) is 49.4 Å². The summed E-state index contributed by atoms with van der Waals surface area (Å²) in [6.45, 7) is 2.00. The monoisotopic (exact) mass is 497 g/mol. The fourth-order valence-electron chi connectivity index (χ4n) is 3.99. The highest BCUT2D eigenvalue weighted by Gasteiger charge is 2.16. The first-order chi connectivity index (χ1) is 17.8. The average molecular weight is 498 g/mol. The zero-order valence-corrected chi connectivity index (χ0v) is 20.1. The van der Waals surface area contributed by atoms with Gasteiger partial charge in [0.15, 0.2) is 5.65 Å². The van der Waals surface area contributed by atoms with Gasteiger partial charge in [-0.2, -0.15) is 0 Å². The first-order valence-corrected chi connectivity index (χ1v) is 11.5. The third kappa shape index (κ3) is 4.74. The van der Waals surface area contributed by atoms with Gasteiger partial charge in [0.05, 0.1) is 16.8 Å². The number of aryl methyl sites for hydroxylation is 3. The van der Waals surface area contributed by atoms with Crippen molar-refractivity contribution in [2.45, 2.75) is 19.8 Å². The molecule has 11 heteroatoms. The molecule has 2 amide bonds. The van der Waals surface area contributed by atoms with E-state index in [0.717, 1.165) is 11.1 Å². The number of rotatable bonds is 5. The van der Waals surface area contributed by atoms with Crippen LogP contribution in [-0.2, 0) is 18.3 Å². The first-order valence-electron chi connectivity index (χ1n) is 11.5. The molecule has 0 saturated carbocycles. The highest BCUT2D eigenvalue weighted by molar-refractivity contribution is 6.07. The van der Waals surface area contributed by atoms with E-state index in [0.29, 0.717) is 28.0 Å². The summed E-state index contributed by atoms with van der Waals surface area (Å²) in [6, 6.07) is 16.8. The lowest BCUT2D eigenvalue weighted by molar-refractivity contribution is -0.121. The second-order valence-corrected chi connectivity index (χ2v) is 8.64. The summed E-state index contributed by atoms with van der Waals surface area (Å²) in [6.07, 6.45) is 0.150. The van der Waals surface area contributed by atoms with Crippen LogP contribution in [0.15, 0.2) is 64.2 Å². The van der Waals surface area contributed by atoms with Gasteiger partial charge in [0.1, 0.15) is 11.3 Å². The summed E-state index contributed by atoms with van der Waals surface area (Å²) in [5, 5.41) is 0.656. The molecule has 11 nitrogen and oxygen atoms in total. The van der Waals surface area contributed by atoms with Crippen LogP contribution in [0.5, 0.6) is 0 Å². The van der Waals surface area contributed by atoms with Crippen LogP contribution in [0.1, 0.15) is 28.2 Å². The number of benzene rings is 2. The lowest BCUT2D eigenvalue weighted by Crippen LogP contribution is -2.41. The van der Waals surface area contributed by atoms with Crippen LogP contribution in [0.25, 0.3) is 33.3 Å². The molecule has 3 heterocycles. The summed E-state index contributed by atoms with van der Waals surface area (Å²) < 4.78 is 1.21. The quantitative estimate of drug-likeness (QED) is 0.272. The van der Waals surface area contributed by atoms with Crippen LogP contribution in [0.4, 0.5) is 0 Å². The smallest absolute Gasteiger partial charge is 0.329 e. The van der Waals surface area contributed by atoms with Gasteiger partial charge in [-0.1, -0.05) is 48.0 Å². The summed E-state index contributed by atoms with van der Waals surface area (Å²) >= 11 is 0. The molecule has 0 aliphatic heterocycles. The first kappa shape index (κ1) is 23.7. The number of fused-ring (bicyclic) bond motifs is 2. The van der Waals surface area contributed by atoms with E-state index in [9.17, 15) is 19.2 Å². The third-order valence-corrected chi connectivity index (χ3v) is 6.02. The lowest BCUT2D eigenvalue weighted by Gasteiger charge is -2.11. The van der Waals surface area contributed by atoms with Gasteiger partial charge >= 0.3 is 5.69 Å². The van der Waals surface area contributed by atoms with Crippen molar-refractivity contribution in [3.63, 3.8) is 0 Å². The minimum Gasteiger partial charge on any atom is -0.336 e. The number of hydrazine groups is 1. The number of amides is 2. The number of para-hydroxylation sites is 1. The second-order valence-electron chi connectivity index (χ2n) is 8.64. The Morgan fingerprint density at radius 3 is 2.51 bits per heavy atom. The van der Waals surface area contributed by atoms with Gasteiger partial charge in [0.25, 0.3) is 11.5 Å². The van der Waals surface area contributed by atoms with Crippen molar-refractivity contribution in [1.29, 1.82) is 0 Å². The predicted octanol–water partition coefficient (Wildman–Crippen LogP) is 1.87. The summed E-state index contributed by atoms with van der Waals surface area (Å²) in [7, 11) is 1.49. The number of carbonyl (C=O) groups is 2. The fourth-order valence-corrected chi connectivity index (χ4v) is 3.99. The maximum atomic E-state index is 13.1. The molecule has 186 valence electrons. The Morgan fingerprint density at radius 1 is 0.973 bits per heavy atom. The number of carbonyl (C=O) groups excluding carboxylic acids is 2. The van der Waals surface area contributed by atoms with Crippen molar-refractivity contribution in [3.05, 3.63) is 92.4 Å². The van der Waals surface area contributed by atoms with E-state index in [1.165, 1.54) is 11.6 Å². The minimum atomic E-state index is -0.580. The standard InChI is InChI=1S/C26H23N7O4/c1-14-7-9-15(10-8-14)19-13-17(16-5-3-4-6-18(16)27-19)24(35)32-31-21(34)12-11-20-28-22-23(29-20)33(2)26(37)30-25(22)36/h3-10,13H,11-12H2,1-2H3,(H,28,29)(H,31,34)(H,32,35)(H,30,36,37). The summed E-state index contributed by atoms with van der Waals surface area (Å²) in [4.78, 5) is 63.1. The maximum absolute atomic E-state index is 13.1. The third-order valence-electron chi connectivity index (χ3n) is 6.02. The maximum Gasteiger partial charge on any atom is 0.329 e. The largest absolute Gasteiger partial charge is 0.336 e. The van der Waals surface area contributed by atoms with Crippen molar-refractivity contribution in [2.24, 2.45) is 7.05 Å². The van der Waals surface area contributed by atoms with Crippen LogP contribution in [0, 0.1) is 6.92 Å². The fraction of sp³-hybridized carbons (Fsp3) is 0.154. The number of hydrogen-bond donors (Lipinski definition) is 4. The normalized spacial score (nSPS) is 11.1. The molecule has 0 spiro atoms. The zero-order valence-electron chi connectivity index (χ0n) is 20.1. The number of nitrogens with zero attached hydrogens (tertiary/aromatic N) is 3. The van der Waals surface area contributed by atoms with E-state index in [4.69, 9.17) is 0 Å². The predicted molar refractivity (Wildman–Crippen MR) is 138 cm³/mol. The van der Waals surface area contributed by atoms with Crippen LogP contribution in [0.3, 0.4) is 0 Å². The van der Waals surface area contributed by atoms with Gasteiger partial charge in [-0.25, -0.2) is 14.8 Å². The average Bonchev–Trinajstić information content (AvgIpc) is 3.34. The number of aromatic amines is 2. The van der Waals surface area contributed by atoms with E-state index >= 15 is 0 Å². The molecular weight excluding hydrogens is 474 g/mol. The van der Waals surface area contributed by atoms with E-state index in [-0.39, 0.29) is 24.0 Å². The van der Waals surface area contributed by atoms with E-state index in [2.05, 4.69) is 30.8 Å². The van der Waals surface area contributed by atoms with Crippen molar-refractivity contribution in [3.8, 4) is 11.3 Å². The van der Waals surface area contributed by atoms with Crippen LogP contribution in [-0.4, -0.2) is 36.3 Å². The van der Waals surface area contributed by atoms with Gasteiger partial charge in [0.2, 0.25) is 5.91 Å². The van der Waals surface area contributed by atoms with Gasteiger partial charge in [0, 0.05) is 30.8 Å². The SMILES string of the molecule is Cc1ccc(-c2cc(C(=O)NNC(=O)CCc3nc4c([nH]3)c(=O)[nH]c(=O)n4C)c3ccccc3n2)cc1. The Hall–Kier alpha value is -5.06. The number of aromatic nitrogens is 5. The lowest BCUT2D eigenvalue weighted by atomic mass is 10.0. The Balaban J connectivity index is 1.30. The molecule has 37 heavy (non-hydrogen) atoms. The number of pyridine rings is 1. The Labute approximate surface area is 209 Å². The minimum absolute atomic E-state index is 0.0162. The molecule has 0 atom stereocenters. The van der Waals surface area contributed by atoms with Crippen LogP contribution >= 0.6 is 0 Å². The summed E-state index contributed by atoms with van der Waals surface area (Å²) in [5.41, 5.74) is 7.75. The second kappa shape index (κ2) is 9.53. The Bertz CT molecular complexity index is 1780. The van der Waals surface area contributed by atoms with E-state index < -0.39 is 23.1 Å². The summed E-state index contributed by atoms with van der Waals surface area (Å²) in [5.74, 6) is -0.564. The van der Waals surface area contributed by atoms with Crippen molar-refractivity contribution in [1.82, 2.24) is 35.4 Å². The van der Waals surface area contributed by atoms with Crippen LogP contribution < -0.4 is 22.1 Å². The Morgan fingerprint density at radius 2 is 1.73 bits per heavy atom. The van der Waals surface area contributed by atoms with Crippen LogP contribution in [0.2, 0.25) is 0 Å². The molecule has 0 unspecified atom stereocenters. The number of H-pyrrole nitrogens is 2. The molecule has 5 aromatic rings. The van der Waals surface area contributed by atoms with Crippen molar-refractivity contribution in [2.75, 3.05) is 0 Å². The molecule has 3 aromatic heterocycles. The molecule has 0 aliphatic carbocycles. The number of nitrogens with one attached hydrogen (secondary N) is 4. The molecule has 0 fully saturated rings. The Kier molecular flexibility index (Phi) is 6.10. The van der Waals surface area contributed by atoms with Gasteiger partial charge in [-0.05, 0) is 19.1 Å². The topological polar surface area (TPSA) is 155 Å². The zero-order chi connectivity index (χ0) is 26.1. The molecule has 4 N–H and O–H groups in total. The molecule has 5 rings (SSSR count). The molecule has 0 radical (unpaired) electrons. The number of imidazole rings is 1. The molecule has 0 bridgehead atoms. The highest BCUT2D eigenvalue weighted by Crippen LogP contribution is 2.25.